The van der Waals surface area contributed by atoms with E-state index in [1.54, 1.807) is 6.33 Å². The maximum atomic E-state index is 9.62. The molecule has 1 aromatic carbocycles. The zero-order valence-corrected chi connectivity index (χ0v) is 20.6. The van der Waals surface area contributed by atoms with Gasteiger partial charge in [0.05, 0.1) is 30.3 Å². The third-order valence-corrected chi connectivity index (χ3v) is 6.74. The van der Waals surface area contributed by atoms with Gasteiger partial charge in [0.1, 0.15) is 17.9 Å². The van der Waals surface area contributed by atoms with Gasteiger partial charge in [0.25, 0.3) is 0 Å². The van der Waals surface area contributed by atoms with Crippen molar-refractivity contribution in [2.24, 2.45) is 12.5 Å². The molecule has 2 aliphatic rings. The van der Waals surface area contributed by atoms with E-state index in [1.807, 2.05) is 54.9 Å². The van der Waals surface area contributed by atoms with Crippen LogP contribution in [0.3, 0.4) is 0 Å². The minimum absolute atomic E-state index is 0.266. The summed E-state index contributed by atoms with van der Waals surface area (Å²) in [5.41, 5.74) is 8.34. The highest BCUT2D eigenvalue weighted by Crippen LogP contribution is 2.40. The minimum Gasteiger partial charge on any atom is -0.492 e. The van der Waals surface area contributed by atoms with Gasteiger partial charge in [-0.25, -0.2) is 4.98 Å². The summed E-state index contributed by atoms with van der Waals surface area (Å²) < 4.78 is 7.84. The van der Waals surface area contributed by atoms with Crippen LogP contribution in [-0.4, -0.2) is 44.5 Å². The van der Waals surface area contributed by atoms with Gasteiger partial charge in [-0.3, -0.25) is 10.4 Å². The molecule has 1 N–H and O–H groups in total. The van der Waals surface area contributed by atoms with E-state index in [1.165, 1.54) is 5.56 Å². The van der Waals surface area contributed by atoms with E-state index < -0.39 is 0 Å². The van der Waals surface area contributed by atoms with Crippen LogP contribution in [0.15, 0.2) is 36.8 Å². The van der Waals surface area contributed by atoms with E-state index in [-0.39, 0.29) is 5.41 Å². The lowest BCUT2D eigenvalue weighted by Gasteiger charge is -2.47. The average Bonchev–Trinajstić information content (AvgIpc) is 3.26. The van der Waals surface area contributed by atoms with Crippen molar-refractivity contribution in [2.45, 2.75) is 33.7 Å². The lowest BCUT2D eigenvalue weighted by Crippen LogP contribution is -2.56. The first-order valence-corrected chi connectivity index (χ1v) is 11.9. The highest BCUT2D eigenvalue weighted by Gasteiger charge is 2.43. The topological polar surface area (TPSA) is 95.1 Å². The van der Waals surface area contributed by atoms with Crippen LogP contribution in [0.4, 0.5) is 11.5 Å². The smallest absolute Gasteiger partial charge is 0.163 e. The Morgan fingerprint density at radius 3 is 2.74 bits per heavy atom. The summed E-state index contributed by atoms with van der Waals surface area (Å²) in [6.07, 6.45) is 6.69. The number of aryl methyl sites for hydroxylation is 2. The van der Waals surface area contributed by atoms with Gasteiger partial charge in [-0.05, 0) is 56.2 Å². The fraction of sp³-hybridized carbons (Fsp3) is 0.385. The maximum Gasteiger partial charge on any atom is 0.163 e. The predicted octanol–water partition coefficient (Wildman–Crippen LogP) is 4.14. The number of hydrazine groups is 1. The lowest BCUT2D eigenvalue weighted by atomic mass is 9.78. The van der Waals surface area contributed by atoms with E-state index in [0.29, 0.717) is 13.2 Å². The van der Waals surface area contributed by atoms with Crippen molar-refractivity contribution in [3.8, 4) is 23.2 Å². The van der Waals surface area contributed by atoms with Gasteiger partial charge in [-0.15, -0.1) is 10.2 Å². The van der Waals surface area contributed by atoms with Gasteiger partial charge >= 0.3 is 0 Å². The third kappa shape index (κ3) is 4.16. The van der Waals surface area contributed by atoms with E-state index >= 15 is 0 Å². The molecule has 0 atom stereocenters. The van der Waals surface area contributed by atoms with E-state index in [2.05, 4.69) is 45.7 Å². The highest BCUT2D eigenvalue weighted by molar-refractivity contribution is 5.69. The molecule has 2 aromatic heterocycles. The Labute approximate surface area is 205 Å². The molecule has 0 bridgehead atoms. The Bertz CT molecular complexity index is 1320. The van der Waals surface area contributed by atoms with Gasteiger partial charge in [0.2, 0.25) is 0 Å². The van der Waals surface area contributed by atoms with Gasteiger partial charge in [-0.1, -0.05) is 6.92 Å². The summed E-state index contributed by atoms with van der Waals surface area (Å²) in [5.74, 6) is 2.50. The van der Waals surface area contributed by atoms with Gasteiger partial charge in [0, 0.05) is 43.2 Å². The number of nitriles is 1. The zero-order valence-electron chi connectivity index (χ0n) is 20.6. The van der Waals surface area contributed by atoms with Crippen molar-refractivity contribution in [2.75, 3.05) is 30.0 Å². The van der Waals surface area contributed by atoms with Gasteiger partial charge in [-0.2, -0.15) is 5.26 Å². The Morgan fingerprint density at radius 1 is 1.23 bits per heavy atom. The van der Waals surface area contributed by atoms with Crippen molar-refractivity contribution < 1.29 is 4.74 Å². The standard InChI is InChI=1S/C26H30N8O/c1-5-26(14-27)15-33(16-26)25-21-13-34(10-9-19(21)11-18(3)29-25)31-22-8-7-20(12-23(22)35-6-2)24-30-28-17-32(24)4/h7-12,17,31H,5-6,13,15-16H2,1-4H3. The quantitative estimate of drug-likeness (QED) is 0.551. The molecule has 1 saturated heterocycles. The molecule has 5 rings (SSSR count). The van der Waals surface area contributed by atoms with Crippen LogP contribution < -0.4 is 15.1 Å². The van der Waals surface area contributed by atoms with E-state index in [0.717, 1.165) is 59.4 Å². The molecule has 3 aromatic rings. The largest absolute Gasteiger partial charge is 0.492 e. The predicted molar refractivity (Wildman–Crippen MR) is 135 cm³/mol. The molecule has 2 aliphatic heterocycles. The summed E-state index contributed by atoms with van der Waals surface area (Å²) in [6, 6.07) is 10.6. The number of hydrogen-bond acceptors (Lipinski definition) is 8. The first-order valence-electron chi connectivity index (χ1n) is 11.9. The summed E-state index contributed by atoms with van der Waals surface area (Å²) in [6.45, 7) is 8.71. The second kappa shape index (κ2) is 8.95. The second-order valence-corrected chi connectivity index (χ2v) is 9.22. The number of nitrogens with one attached hydrogen (secondary N) is 1. The number of rotatable bonds is 7. The Hall–Kier alpha value is -4.06. The molecule has 0 saturated carbocycles. The van der Waals surface area contributed by atoms with Crippen molar-refractivity contribution >= 4 is 17.6 Å². The number of pyridine rings is 1. The van der Waals surface area contributed by atoms with Gasteiger partial charge in [0.15, 0.2) is 5.82 Å². The fourth-order valence-corrected chi connectivity index (χ4v) is 4.69. The normalized spacial score (nSPS) is 15.9. The summed E-state index contributed by atoms with van der Waals surface area (Å²) in [5, 5.41) is 19.9. The van der Waals surface area contributed by atoms with Crippen molar-refractivity contribution in [3.63, 3.8) is 0 Å². The van der Waals surface area contributed by atoms with Crippen LogP contribution in [0.2, 0.25) is 0 Å². The number of anilines is 2. The maximum absolute atomic E-state index is 9.62. The Kier molecular flexibility index (Phi) is 5.81. The zero-order chi connectivity index (χ0) is 24.6. The van der Waals surface area contributed by atoms with E-state index in [4.69, 9.17) is 9.72 Å². The molecule has 0 spiro atoms. The molecular formula is C26H30N8O. The van der Waals surface area contributed by atoms with Crippen molar-refractivity contribution in [3.05, 3.63) is 53.6 Å². The number of nitrogens with zero attached hydrogens (tertiary/aromatic N) is 7. The van der Waals surface area contributed by atoms with Gasteiger partial charge < -0.3 is 14.2 Å². The summed E-state index contributed by atoms with van der Waals surface area (Å²) >= 11 is 0. The molecule has 1 fully saturated rings. The van der Waals surface area contributed by atoms with Crippen molar-refractivity contribution in [1.29, 1.82) is 5.26 Å². The number of benzene rings is 1. The number of hydrogen-bond donors (Lipinski definition) is 1. The van der Waals surface area contributed by atoms with Crippen molar-refractivity contribution in [1.82, 2.24) is 24.8 Å². The molecule has 9 heteroatoms. The molecule has 35 heavy (non-hydrogen) atoms. The minimum atomic E-state index is -0.266. The van der Waals surface area contributed by atoms with Crippen LogP contribution in [0.25, 0.3) is 17.5 Å². The molecular weight excluding hydrogens is 440 g/mol. The van der Waals surface area contributed by atoms with Crippen LogP contribution in [-0.2, 0) is 13.6 Å². The van der Waals surface area contributed by atoms with Crippen LogP contribution in [0.5, 0.6) is 5.75 Å². The average molecular weight is 471 g/mol. The molecule has 4 heterocycles. The fourth-order valence-electron chi connectivity index (χ4n) is 4.69. The van der Waals surface area contributed by atoms with Crippen LogP contribution in [0, 0.1) is 23.7 Å². The summed E-state index contributed by atoms with van der Waals surface area (Å²) in [4.78, 5) is 7.10. The SMILES string of the molecule is CCOc1cc(-c2nncn2C)ccc1NN1C=Cc2cc(C)nc(N3CC(C#N)(CC)C3)c2C1. The molecule has 0 amide bonds. The van der Waals surface area contributed by atoms with Crippen LogP contribution >= 0.6 is 0 Å². The monoisotopic (exact) mass is 470 g/mol. The Morgan fingerprint density at radius 2 is 2.06 bits per heavy atom. The Balaban J connectivity index is 1.40. The number of aromatic nitrogens is 4. The molecule has 0 aliphatic carbocycles. The first kappa shape index (κ1) is 22.7. The number of fused-ring (bicyclic) bond motifs is 1. The van der Waals surface area contributed by atoms with E-state index in [9.17, 15) is 5.26 Å². The highest BCUT2D eigenvalue weighted by atomic mass is 16.5. The molecule has 9 nitrogen and oxygen atoms in total. The third-order valence-electron chi connectivity index (χ3n) is 6.74. The number of ether oxygens (including phenoxy) is 1. The summed E-state index contributed by atoms with van der Waals surface area (Å²) in [7, 11) is 1.92. The molecule has 180 valence electrons. The van der Waals surface area contributed by atoms with Crippen LogP contribution in [0.1, 0.15) is 37.1 Å². The second-order valence-electron chi connectivity index (χ2n) is 9.22. The molecule has 0 unspecified atom stereocenters. The first-order chi connectivity index (χ1) is 16.9. The molecule has 0 radical (unpaired) electrons. The lowest BCUT2D eigenvalue weighted by molar-refractivity contribution is 0.288.